The summed E-state index contributed by atoms with van der Waals surface area (Å²) in [5.41, 5.74) is 1.91. The molecule has 31 heavy (non-hydrogen) atoms. The van der Waals surface area contributed by atoms with Crippen LogP contribution in [-0.4, -0.2) is 29.3 Å². The molecule has 1 saturated heterocycles. The lowest BCUT2D eigenvalue weighted by atomic mass is 10.1. The van der Waals surface area contributed by atoms with Crippen LogP contribution in [0.2, 0.25) is 5.02 Å². The minimum atomic E-state index is -0.506. The van der Waals surface area contributed by atoms with Crippen LogP contribution in [0, 0.1) is 12.8 Å². The van der Waals surface area contributed by atoms with Crippen LogP contribution in [0.1, 0.15) is 21.8 Å². The normalized spacial score (nSPS) is 15.7. The van der Waals surface area contributed by atoms with Crippen molar-refractivity contribution in [2.24, 2.45) is 5.92 Å². The Balaban J connectivity index is 1.41. The molecule has 158 valence electrons. The van der Waals surface area contributed by atoms with Crippen LogP contribution in [0.5, 0.6) is 0 Å². The highest BCUT2D eigenvalue weighted by atomic mass is 35.5. The van der Waals surface area contributed by atoms with E-state index in [1.54, 1.807) is 48.2 Å². The van der Waals surface area contributed by atoms with Gasteiger partial charge >= 0.3 is 0 Å². The third-order valence-electron chi connectivity index (χ3n) is 4.90. The number of rotatable bonds is 5. The quantitative estimate of drug-likeness (QED) is 0.599. The van der Waals surface area contributed by atoms with Gasteiger partial charge in [0.15, 0.2) is 5.13 Å². The molecule has 2 N–H and O–H groups in total. The average molecular weight is 455 g/mol. The summed E-state index contributed by atoms with van der Waals surface area (Å²) in [7, 11) is 0. The van der Waals surface area contributed by atoms with Gasteiger partial charge in [-0.2, -0.15) is 0 Å². The van der Waals surface area contributed by atoms with Gasteiger partial charge in [-0.3, -0.25) is 14.4 Å². The zero-order valence-corrected chi connectivity index (χ0v) is 18.2. The maximum atomic E-state index is 12.7. The summed E-state index contributed by atoms with van der Waals surface area (Å²) in [6.45, 7) is 1.99. The fourth-order valence-electron chi connectivity index (χ4n) is 3.33. The van der Waals surface area contributed by atoms with Gasteiger partial charge in [0.1, 0.15) is 4.88 Å². The molecule has 4 rings (SSSR count). The van der Waals surface area contributed by atoms with Gasteiger partial charge in [0.2, 0.25) is 11.8 Å². The van der Waals surface area contributed by atoms with Crippen molar-refractivity contribution in [3.63, 3.8) is 0 Å². The molecular formula is C22H19ClN4O3S. The summed E-state index contributed by atoms with van der Waals surface area (Å²) in [4.78, 5) is 44.0. The van der Waals surface area contributed by atoms with Gasteiger partial charge in [-0.15, -0.1) is 0 Å². The highest BCUT2D eigenvalue weighted by Gasteiger charge is 2.35. The van der Waals surface area contributed by atoms with Crippen molar-refractivity contribution in [2.45, 2.75) is 13.3 Å². The number of amides is 3. The molecule has 7 nitrogen and oxygen atoms in total. The minimum Gasteiger partial charge on any atom is -0.321 e. The van der Waals surface area contributed by atoms with E-state index in [1.165, 1.54) is 0 Å². The number of thiazole rings is 1. The molecule has 3 amide bonds. The molecule has 9 heteroatoms. The van der Waals surface area contributed by atoms with Crippen LogP contribution in [0.3, 0.4) is 0 Å². The Morgan fingerprint density at radius 3 is 2.52 bits per heavy atom. The topological polar surface area (TPSA) is 91.4 Å². The molecule has 0 bridgehead atoms. The van der Waals surface area contributed by atoms with Crippen molar-refractivity contribution in [3.8, 4) is 0 Å². The number of hydrogen-bond acceptors (Lipinski definition) is 5. The predicted molar refractivity (Wildman–Crippen MR) is 122 cm³/mol. The minimum absolute atomic E-state index is 0.111. The summed E-state index contributed by atoms with van der Waals surface area (Å²) < 4.78 is 0. The number of nitrogens with one attached hydrogen (secondary N) is 2. The molecule has 0 aliphatic carbocycles. The van der Waals surface area contributed by atoms with Gasteiger partial charge in [-0.25, -0.2) is 4.98 Å². The molecule has 1 unspecified atom stereocenters. The van der Waals surface area contributed by atoms with E-state index in [0.717, 1.165) is 11.3 Å². The zero-order valence-electron chi connectivity index (χ0n) is 16.6. The molecule has 2 heterocycles. The molecule has 1 aliphatic heterocycles. The third kappa shape index (κ3) is 4.76. The Kier molecular flexibility index (Phi) is 6.01. The van der Waals surface area contributed by atoms with Crippen LogP contribution < -0.4 is 15.5 Å². The smallest absolute Gasteiger partial charge is 0.267 e. The molecule has 1 aromatic heterocycles. The molecule has 0 spiro atoms. The predicted octanol–water partition coefficient (Wildman–Crippen LogP) is 4.35. The summed E-state index contributed by atoms with van der Waals surface area (Å²) in [6, 6.07) is 16.0. The van der Waals surface area contributed by atoms with Gasteiger partial charge < -0.3 is 15.5 Å². The maximum Gasteiger partial charge on any atom is 0.267 e. The molecule has 0 saturated carbocycles. The van der Waals surface area contributed by atoms with E-state index in [1.807, 2.05) is 18.2 Å². The second-order valence-electron chi connectivity index (χ2n) is 7.12. The van der Waals surface area contributed by atoms with Crippen molar-refractivity contribution in [1.82, 2.24) is 4.98 Å². The molecule has 0 radical (unpaired) electrons. The third-order valence-corrected chi connectivity index (χ3v) is 6.22. The Bertz CT molecular complexity index is 1130. The first-order valence-corrected chi connectivity index (χ1v) is 10.8. The van der Waals surface area contributed by atoms with E-state index >= 15 is 0 Å². The van der Waals surface area contributed by atoms with Crippen LogP contribution in [-0.2, 0) is 9.59 Å². The van der Waals surface area contributed by atoms with E-state index in [9.17, 15) is 14.4 Å². The number of aryl methyl sites for hydroxylation is 1. The van der Waals surface area contributed by atoms with Gasteiger partial charge in [0.05, 0.1) is 11.6 Å². The average Bonchev–Trinajstić information content (AvgIpc) is 3.32. The molecular weight excluding hydrogens is 436 g/mol. The number of halogens is 1. The van der Waals surface area contributed by atoms with Crippen LogP contribution in [0.4, 0.5) is 16.5 Å². The largest absolute Gasteiger partial charge is 0.321 e. The first-order chi connectivity index (χ1) is 14.9. The lowest BCUT2D eigenvalue weighted by Gasteiger charge is -2.16. The van der Waals surface area contributed by atoms with E-state index in [0.29, 0.717) is 32.1 Å². The van der Waals surface area contributed by atoms with Gasteiger partial charge in [0.25, 0.3) is 5.91 Å². The van der Waals surface area contributed by atoms with E-state index in [2.05, 4.69) is 15.6 Å². The maximum absolute atomic E-state index is 12.7. The Hall–Kier alpha value is -3.23. The summed E-state index contributed by atoms with van der Waals surface area (Å²) in [6.07, 6.45) is 0.111. The number of carbonyl (C=O) groups is 3. The Morgan fingerprint density at radius 1 is 1.10 bits per heavy atom. The van der Waals surface area contributed by atoms with E-state index < -0.39 is 5.92 Å². The molecule has 2 aromatic carbocycles. The van der Waals surface area contributed by atoms with Crippen LogP contribution in [0.25, 0.3) is 0 Å². The van der Waals surface area contributed by atoms with Crippen molar-refractivity contribution >= 4 is 57.2 Å². The number of carbonyl (C=O) groups excluding carboxylic acids is 3. The highest BCUT2D eigenvalue weighted by Crippen LogP contribution is 2.29. The number of para-hydroxylation sites is 1. The number of anilines is 3. The SMILES string of the molecule is Cc1nc(NC(=O)C2CC(=O)N(c3ccc(Cl)cc3)C2)sc1C(=O)Nc1ccccc1. The standard InChI is InChI=1S/C22H19ClN4O3S/c1-13-19(21(30)25-16-5-3-2-4-6-16)31-22(24-13)26-20(29)14-11-18(28)27(12-14)17-9-7-15(23)8-10-17/h2-10,14H,11-12H2,1H3,(H,25,30)(H,24,26,29). The highest BCUT2D eigenvalue weighted by molar-refractivity contribution is 7.17. The first-order valence-electron chi connectivity index (χ1n) is 9.61. The fraction of sp³-hybridized carbons (Fsp3) is 0.182. The van der Waals surface area contributed by atoms with Crippen molar-refractivity contribution < 1.29 is 14.4 Å². The fourth-order valence-corrected chi connectivity index (χ4v) is 4.32. The lowest BCUT2D eigenvalue weighted by Crippen LogP contribution is -2.28. The molecule has 1 atom stereocenters. The second kappa shape index (κ2) is 8.87. The van der Waals surface area contributed by atoms with Crippen molar-refractivity contribution in [2.75, 3.05) is 22.1 Å². The van der Waals surface area contributed by atoms with E-state index in [-0.39, 0.29) is 30.7 Å². The van der Waals surface area contributed by atoms with Gasteiger partial charge in [-0.1, -0.05) is 41.1 Å². The molecule has 1 fully saturated rings. The monoisotopic (exact) mass is 454 g/mol. The second-order valence-corrected chi connectivity index (χ2v) is 8.56. The van der Waals surface area contributed by atoms with Crippen LogP contribution in [0.15, 0.2) is 54.6 Å². The number of benzene rings is 2. The summed E-state index contributed by atoms with van der Waals surface area (Å²) in [5, 5.41) is 6.48. The van der Waals surface area contributed by atoms with E-state index in [4.69, 9.17) is 11.6 Å². The van der Waals surface area contributed by atoms with Crippen molar-refractivity contribution in [1.29, 1.82) is 0 Å². The zero-order chi connectivity index (χ0) is 22.0. The van der Waals surface area contributed by atoms with Gasteiger partial charge in [0, 0.05) is 29.4 Å². The molecule has 1 aliphatic rings. The van der Waals surface area contributed by atoms with Gasteiger partial charge in [-0.05, 0) is 43.3 Å². The Morgan fingerprint density at radius 2 is 1.81 bits per heavy atom. The van der Waals surface area contributed by atoms with Crippen LogP contribution >= 0.6 is 22.9 Å². The number of hydrogen-bond donors (Lipinski definition) is 2. The molecule has 3 aromatic rings. The lowest BCUT2D eigenvalue weighted by molar-refractivity contribution is -0.122. The Labute approximate surface area is 188 Å². The summed E-state index contributed by atoms with van der Waals surface area (Å²) >= 11 is 7.01. The number of aromatic nitrogens is 1. The summed E-state index contributed by atoms with van der Waals surface area (Å²) in [5.74, 6) is -1.21. The number of nitrogens with zero attached hydrogens (tertiary/aromatic N) is 2. The van der Waals surface area contributed by atoms with Crippen molar-refractivity contribution in [3.05, 3.63) is 70.2 Å². The first kappa shape index (κ1) is 21.0.